The SMILES string of the molecule is CCOc1ccc(N[C@@H](C(=O)c2c[nH]c3ccccc23)c2ccccc2)cc1CO. The van der Waals surface area contributed by atoms with E-state index in [0.29, 0.717) is 23.5 Å². The Balaban J connectivity index is 1.72. The average molecular weight is 400 g/mol. The number of aliphatic hydroxyl groups excluding tert-OH is 1. The molecule has 0 radical (unpaired) electrons. The molecule has 5 nitrogen and oxygen atoms in total. The van der Waals surface area contributed by atoms with E-state index in [1.165, 1.54) is 0 Å². The van der Waals surface area contributed by atoms with Crippen LogP contribution in [0.25, 0.3) is 10.9 Å². The smallest absolute Gasteiger partial charge is 0.191 e. The van der Waals surface area contributed by atoms with E-state index in [0.717, 1.165) is 22.2 Å². The number of anilines is 1. The summed E-state index contributed by atoms with van der Waals surface area (Å²) in [6.45, 7) is 2.28. The summed E-state index contributed by atoms with van der Waals surface area (Å²) in [4.78, 5) is 16.8. The molecule has 0 bridgehead atoms. The van der Waals surface area contributed by atoms with Crippen LogP contribution in [-0.4, -0.2) is 22.5 Å². The molecule has 0 aliphatic rings. The third-order valence-corrected chi connectivity index (χ3v) is 5.09. The van der Waals surface area contributed by atoms with Crippen molar-refractivity contribution in [2.45, 2.75) is 19.6 Å². The van der Waals surface area contributed by atoms with Gasteiger partial charge in [-0.2, -0.15) is 0 Å². The lowest BCUT2D eigenvalue weighted by atomic mass is 9.96. The fourth-order valence-corrected chi connectivity index (χ4v) is 3.63. The zero-order valence-electron chi connectivity index (χ0n) is 16.8. The number of ketones is 1. The molecule has 0 aliphatic heterocycles. The summed E-state index contributed by atoms with van der Waals surface area (Å²) in [7, 11) is 0. The first-order valence-electron chi connectivity index (χ1n) is 9.99. The number of Topliss-reactive ketones (excluding diaryl/α,β-unsaturated/α-hetero) is 1. The van der Waals surface area contributed by atoms with Crippen molar-refractivity contribution in [3.05, 3.63) is 95.7 Å². The van der Waals surface area contributed by atoms with Gasteiger partial charge in [0.25, 0.3) is 0 Å². The summed E-state index contributed by atoms with van der Waals surface area (Å²) in [5, 5.41) is 14.0. The number of para-hydroxylation sites is 1. The Morgan fingerprint density at radius 1 is 1.07 bits per heavy atom. The first kappa shape index (κ1) is 19.7. The van der Waals surface area contributed by atoms with Crippen molar-refractivity contribution in [3.8, 4) is 5.75 Å². The van der Waals surface area contributed by atoms with E-state index in [4.69, 9.17) is 4.74 Å². The number of aromatic amines is 1. The van der Waals surface area contributed by atoms with Crippen molar-refractivity contribution in [1.29, 1.82) is 0 Å². The van der Waals surface area contributed by atoms with Gasteiger partial charge in [-0.15, -0.1) is 0 Å². The summed E-state index contributed by atoms with van der Waals surface area (Å²) in [5.74, 6) is 0.614. The fraction of sp³-hybridized carbons (Fsp3) is 0.160. The molecular formula is C25H24N2O3. The zero-order chi connectivity index (χ0) is 20.9. The van der Waals surface area contributed by atoms with Crippen LogP contribution in [-0.2, 0) is 6.61 Å². The first-order valence-corrected chi connectivity index (χ1v) is 9.99. The maximum absolute atomic E-state index is 13.6. The number of hydrogen-bond acceptors (Lipinski definition) is 4. The number of ether oxygens (including phenoxy) is 1. The van der Waals surface area contributed by atoms with Crippen LogP contribution in [0.2, 0.25) is 0 Å². The van der Waals surface area contributed by atoms with Gasteiger partial charge in [0.15, 0.2) is 5.78 Å². The van der Waals surface area contributed by atoms with E-state index in [9.17, 15) is 9.90 Å². The largest absolute Gasteiger partial charge is 0.494 e. The second-order valence-electron chi connectivity index (χ2n) is 7.01. The molecule has 0 aliphatic carbocycles. The molecule has 0 saturated carbocycles. The Bertz CT molecular complexity index is 1150. The molecule has 5 heteroatoms. The molecule has 1 aromatic heterocycles. The lowest BCUT2D eigenvalue weighted by Gasteiger charge is -2.20. The Morgan fingerprint density at radius 3 is 2.60 bits per heavy atom. The highest BCUT2D eigenvalue weighted by atomic mass is 16.5. The van der Waals surface area contributed by atoms with Crippen molar-refractivity contribution in [2.24, 2.45) is 0 Å². The van der Waals surface area contributed by atoms with Gasteiger partial charge in [-0.25, -0.2) is 0 Å². The first-order chi connectivity index (χ1) is 14.7. The van der Waals surface area contributed by atoms with Crippen molar-refractivity contribution in [2.75, 3.05) is 11.9 Å². The van der Waals surface area contributed by atoms with Gasteiger partial charge >= 0.3 is 0 Å². The van der Waals surface area contributed by atoms with E-state index in [2.05, 4.69) is 10.3 Å². The number of aliphatic hydroxyl groups is 1. The van der Waals surface area contributed by atoms with Gasteiger partial charge in [-0.1, -0.05) is 48.5 Å². The molecule has 4 rings (SSSR count). The quantitative estimate of drug-likeness (QED) is 0.360. The van der Waals surface area contributed by atoms with Gasteiger partial charge < -0.3 is 20.1 Å². The van der Waals surface area contributed by atoms with E-state index in [1.54, 1.807) is 6.20 Å². The molecule has 1 atom stereocenters. The number of fused-ring (bicyclic) bond motifs is 1. The van der Waals surface area contributed by atoms with Gasteiger partial charge in [0.2, 0.25) is 0 Å². The summed E-state index contributed by atoms with van der Waals surface area (Å²) >= 11 is 0. The Labute approximate surface area is 175 Å². The highest BCUT2D eigenvalue weighted by Gasteiger charge is 2.24. The molecule has 4 aromatic rings. The summed E-state index contributed by atoms with van der Waals surface area (Å²) in [6.07, 6.45) is 1.77. The molecule has 30 heavy (non-hydrogen) atoms. The van der Waals surface area contributed by atoms with Gasteiger partial charge in [0.05, 0.1) is 13.2 Å². The van der Waals surface area contributed by atoms with Crippen molar-refractivity contribution in [1.82, 2.24) is 4.98 Å². The number of benzene rings is 3. The molecule has 0 spiro atoms. The predicted octanol–water partition coefficient (Wildman–Crippen LogP) is 5.10. The molecule has 3 N–H and O–H groups in total. The lowest BCUT2D eigenvalue weighted by molar-refractivity contribution is 0.0971. The summed E-state index contributed by atoms with van der Waals surface area (Å²) in [5.41, 5.74) is 3.85. The minimum absolute atomic E-state index is 0.0296. The molecule has 3 aromatic carbocycles. The van der Waals surface area contributed by atoms with Crippen molar-refractivity contribution in [3.63, 3.8) is 0 Å². The van der Waals surface area contributed by atoms with Crippen LogP contribution in [0.4, 0.5) is 5.69 Å². The van der Waals surface area contributed by atoms with Gasteiger partial charge in [0, 0.05) is 33.9 Å². The number of carbonyl (C=O) groups excluding carboxylic acids is 1. The van der Waals surface area contributed by atoms with Crippen LogP contribution in [0, 0.1) is 0 Å². The van der Waals surface area contributed by atoms with Crippen LogP contribution in [0.15, 0.2) is 79.0 Å². The minimum atomic E-state index is -0.574. The zero-order valence-corrected chi connectivity index (χ0v) is 16.8. The van der Waals surface area contributed by atoms with E-state index < -0.39 is 6.04 Å². The van der Waals surface area contributed by atoms with Crippen LogP contribution in [0.3, 0.4) is 0 Å². The minimum Gasteiger partial charge on any atom is -0.494 e. The number of hydrogen-bond donors (Lipinski definition) is 3. The van der Waals surface area contributed by atoms with Gasteiger partial charge in [0.1, 0.15) is 11.8 Å². The number of carbonyl (C=O) groups is 1. The third kappa shape index (κ3) is 3.93. The van der Waals surface area contributed by atoms with Crippen LogP contribution in [0.5, 0.6) is 5.75 Å². The normalized spacial score (nSPS) is 11.9. The van der Waals surface area contributed by atoms with Crippen molar-refractivity contribution >= 4 is 22.4 Å². The highest BCUT2D eigenvalue weighted by Crippen LogP contribution is 2.30. The van der Waals surface area contributed by atoms with Crippen LogP contribution >= 0.6 is 0 Å². The number of H-pyrrole nitrogens is 1. The second-order valence-corrected chi connectivity index (χ2v) is 7.01. The maximum Gasteiger partial charge on any atom is 0.191 e. The molecule has 0 unspecified atom stereocenters. The molecule has 152 valence electrons. The monoisotopic (exact) mass is 400 g/mol. The summed E-state index contributed by atoms with van der Waals surface area (Å²) < 4.78 is 5.57. The predicted molar refractivity (Wildman–Crippen MR) is 119 cm³/mol. The molecular weight excluding hydrogens is 376 g/mol. The molecule has 0 saturated heterocycles. The Morgan fingerprint density at radius 2 is 1.83 bits per heavy atom. The Hall–Kier alpha value is -3.57. The number of rotatable bonds is 8. The lowest BCUT2D eigenvalue weighted by Crippen LogP contribution is -2.21. The summed E-state index contributed by atoms with van der Waals surface area (Å²) in [6, 6.07) is 22.3. The fourth-order valence-electron chi connectivity index (χ4n) is 3.63. The maximum atomic E-state index is 13.6. The van der Waals surface area contributed by atoms with E-state index in [-0.39, 0.29) is 12.4 Å². The highest BCUT2D eigenvalue weighted by molar-refractivity contribution is 6.11. The van der Waals surface area contributed by atoms with E-state index >= 15 is 0 Å². The van der Waals surface area contributed by atoms with Crippen LogP contribution in [0.1, 0.15) is 34.5 Å². The topological polar surface area (TPSA) is 74.3 Å². The molecule has 0 amide bonds. The number of nitrogens with one attached hydrogen (secondary N) is 2. The van der Waals surface area contributed by atoms with Crippen molar-refractivity contribution < 1.29 is 14.6 Å². The van der Waals surface area contributed by atoms with Gasteiger partial charge in [-0.3, -0.25) is 4.79 Å². The average Bonchev–Trinajstić information content (AvgIpc) is 3.23. The Kier molecular flexibility index (Phi) is 5.82. The van der Waals surface area contributed by atoms with E-state index in [1.807, 2.05) is 79.7 Å². The second kappa shape index (κ2) is 8.84. The third-order valence-electron chi connectivity index (χ3n) is 5.09. The number of aromatic nitrogens is 1. The molecule has 0 fully saturated rings. The van der Waals surface area contributed by atoms with Gasteiger partial charge in [-0.05, 0) is 36.8 Å². The molecule has 1 heterocycles. The standard InChI is InChI=1S/C25H24N2O3/c1-2-30-23-13-12-19(14-18(23)16-28)27-24(17-8-4-3-5-9-17)25(29)21-15-26-22-11-7-6-10-20(21)22/h3-15,24,26-28H,2,16H2,1H3/t24-/m1/s1. The van der Waals surface area contributed by atoms with Crippen LogP contribution < -0.4 is 10.1 Å².